The molecule has 0 aliphatic heterocycles. The maximum atomic E-state index is 12.5. The van der Waals surface area contributed by atoms with Gasteiger partial charge in [0, 0.05) is 11.4 Å². The second-order valence-corrected chi connectivity index (χ2v) is 4.64. The summed E-state index contributed by atoms with van der Waals surface area (Å²) in [4.78, 5) is 12.7. The fourth-order valence-corrected chi connectivity index (χ4v) is 2.36. The number of thioether (sulfide) groups is 1. The minimum atomic E-state index is -4.37. The standard InChI is InChI=1S/C12H14F3NO2S/c1-3-16(7-12(13,14)15)8-5-4-6-9(19-2)10(8)11(17)18/h4-6H,3,7H2,1-2H3,(H,17,18). The lowest BCUT2D eigenvalue weighted by Crippen LogP contribution is -2.35. The number of halogens is 3. The first-order chi connectivity index (χ1) is 8.80. The molecule has 1 N–H and O–H groups in total. The van der Waals surface area contributed by atoms with Crippen LogP contribution in [0.4, 0.5) is 18.9 Å². The van der Waals surface area contributed by atoms with Crippen molar-refractivity contribution >= 4 is 23.4 Å². The van der Waals surface area contributed by atoms with Gasteiger partial charge in [-0.05, 0) is 25.3 Å². The molecule has 0 bridgehead atoms. The van der Waals surface area contributed by atoms with Gasteiger partial charge in [-0.1, -0.05) is 6.07 Å². The van der Waals surface area contributed by atoms with Crippen LogP contribution in [0.2, 0.25) is 0 Å². The predicted molar refractivity (Wildman–Crippen MR) is 69.1 cm³/mol. The van der Waals surface area contributed by atoms with E-state index in [2.05, 4.69) is 0 Å². The molecule has 0 saturated heterocycles. The molecule has 7 heteroatoms. The van der Waals surface area contributed by atoms with Crippen molar-refractivity contribution < 1.29 is 23.1 Å². The van der Waals surface area contributed by atoms with Gasteiger partial charge < -0.3 is 10.0 Å². The Kier molecular flexibility index (Phi) is 5.11. The number of hydrogen-bond acceptors (Lipinski definition) is 3. The second-order valence-electron chi connectivity index (χ2n) is 3.79. The number of carboxylic acids is 1. The Morgan fingerprint density at radius 3 is 2.47 bits per heavy atom. The van der Waals surface area contributed by atoms with E-state index >= 15 is 0 Å². The highest BCUT2D eigenvalue weighted by molar-refractivity contribution is 7.98. The third-order valence-electron chi connectivity index (χ3n) is 2.53. The Hall–Kier alpha value is -1.37. The van der Waals surface area contributed by atoms with Crippen molar-refractivity contribution in [1.82, 2.24) is 0 Å². The minimum Gasteiger partial charge on any atom is -0.478 e. The first kappa shape index (κ1) is 15.7. The first-order valence-corrected chi connectivity index (χ1v) is 6.74. The van der Waals surface area contributed by atoms with Crippen LogP contribution in [0.3, 0.4) is 0 Å². The summed E-state index contributed by atoms with van der Waals surface area (Å²) in [6.07, 6.45) is -2.69. The molecule has 0 aromatic heterocycles. The molecule has 0 spiro atoms. The molecule has 1 aromatic carbocycles. The van der Waals surface area contributed by atoms with Gasteiger partial charge in [0.05, 0.1) is 11.3 Å². The van der Waals surface area contributed by atoms with Crippen molar-refractivity contribution in [3.05, 3.63) is 23.8 Å². The monoisotopic (exact) mass is 293 g/mol. The van der Waals surface area contributed by atoms with E-state index in [1.807, 2.05) is 0 Å². The second kappa shape index (κ2) is 6.18. The number of alkyl halides is 3. The van der Waals surface area contributed by atoms with Crippen LogP contribution in [0, 0.1) is 0 Å². The summed E-state index contributed by atoms with van der Waals surface area (Å²) >= 11 is 1.20. The number of rotatable bonds is 5. The molecule has 106 valence electrons. The number of carboxylic acid groups (broad SMARTS) is 1. The van der Waals surface area contributed by atoms with Crippen LogP contribution in [0.15, 0.2) is 23.1 Å². The Balaban J connectivity index is 3.27. The fourth-order valence-electron chi connectivity index (χ4n) is 1.75. The summed E-state index contributed by atoms with van der Waals surface area (Å²) in [5.41, 5.74) is 0.0141. The van der Waals surface area contributed by atoms with E-state index < -0.39 is 18.7 Å². The molecule has 0 aliphatic carbocycles. The van der Waals surface area contributed by atoms with Gasteiger partial charge in [0.15, 0.2) is 0 Å². The number of aromatic carboxylic acids is 1. The van der Waals surface area contributed by atoms with Gasteiger partial charge in [-0.15, -0.1) is 11.8 Å². The Labute approximate surface area is 113 Å². The lowest BCUT2D eigenvalue weighted by atomic mass is 10.1. The number of nitrogens with zero attached hydrogens (tertiary/aromatic N) is 1. The van der Waals surface area contributed by atoms with Crippen molar-refractivity contribution in [2.24, 2.45) is 0 Å². The Morgan fingerprint density at radius 2 is 2.05 bits per heavy atom. The van der Waals surface area contributed by atoms with Crippen LogP contribution in [0.1, 0.15) is 17.3 Å². The fraction of sp³-hybridized carbons (Fsp3) is 0.417. The lowest BCUT2D eigenvalue weighted by molar-refractivity contribution is -0.119. The molecular formula is C12H14F3NO2S. The van der Waals surface area contributed by atoms with Crippen LogP contribution in [-0.2, 0) is 0 Å². The molecule has 0 radical (unpaired) electrons. The summed E-state index contributed by atoms with van der Waals surface area (Å²) in [7, 11) is 0. The molecule has 0 atom stereocenters. The minimum absolute atomic E-state index is 0.0810. The summed E-state index contributed by atoms with van der Waals surface area (Å²) < 4.78 is 37.5. The number of benzene rings is 1. The van der Waals surface area contributed by atoms with Crippen molar-refractivity contribution in [3.63, 3.8) is 0 Å². The molecule has 0 fully saturated rings. The van der Waals surface area contributed by atoms with Crippen molar-refractivity contribution in [3.8, 4) is 0 Å². The summed E-state index contributed by atoms with van der Waals surface area (Å²) in [6, 6.07) is 4.55. The molecule has 19 heavy (non-hydrogen) atoms. The largest absolute Gasteiger partial charge is 0.478 e. The zero-order valence-electron chi connectivity index (χ0n) is 10.5. The highest BCUT2D eigenvalue weighted by Gasteiger charge is 2.32. The van der Waals surface area contributed by atoms with Gasteiger partial charge >= 0.3 is 12.1 Å². The van der Waals surface area contributed by atoms with Crippen LogP contribution in [-0.4, -0.2) is 36.6 Å². The van der Waals surface area contributed by atoms with E-state index in [0.29, 0.717) is 4.90 Å². The Morgan fingerprint density at radius 1 is 1.42 bits per heavy atom. The third kappa shape index (κ3) is 4.05. The molecule has 0 aliphatic rings. The number of anilines is 1. The molecule has 3 nitrogen and oxygen atoms in total. The van der Waals surface area contributed by atoms with Gasteiger partial charge in [-0.25, -0.2) is 4.79 Å². The molecule has 0 unspecified atom stereocenters. The van der Waals surface area contributed by atoms with Gasteiger partial charge in [0.2, 0.25) is 0 Å². The van der Waals surface area contributed by atoms with Gasteiger partial charge in [0.1, 0.15) is 6.54 Å². The maximum absolute atomic E-state index is 12.5. The van der Waals surface area contributed by atoms with Crippen molar-refractivity contribution in [2.45, 2.75) is 18.0 Å². The van der Waals surface area contributed by atoms with E-state index in [1.165, 1.54) is 17.8 Å². The summed E-state index contributed by atoms with van der Waals surface area (Å²) in [5.74, 6) is -1.22. The number of hydrogen-bond donors (Lipinski definition) is 1. The zero-order chi connectivity index (χ0) is 14.6. The number of carbonyl (C=O) groups is 1. The van der Waals surface area contributed by atoms with Crippen LogP contribution < -0.4 is 4.90 Å². The SMILES string of the molecule is CCN(CC(F)(F)F)c1cccc(SC)c1C(=O)O. The normalized spacial score (nSPS) is 11.4. The Bertz CT molecular complexity index is 463. The molecular weight excluding hydrogens is 279 g/mol. The van der Waals surface area contributed by atoms with E-state index in [1.54, 1.807) is 25.3 Å². The van der Waals surface area contributed by atoms with E-state index in [9.17, 15) is 23.1 Å². The molecule has 1 aromatic rings. The third-order valence-corrected chi connectivity index (χ3v) is 3.31. The van der Waals surface area contributed by atoms with E-state index in [-0.39, 0.29) is 17.8 Å². The van der Waals surface area contributed by atoms with Crippen molar-refractivity contribution in [2.75, 3.05) is 24.2 Å². The average Bonchev–Trinajstić information content (AvgIpc) is 2.33. The van der Waals surface area contributed by atoms with Crippen LogP contribution >= 0.6 is 11.8 Å². The average molecular weight is 293 g/mol. The zero-order valence-corrected chi connectivity index (χ0v) is 11.3. The molecule has 0 saturated carbocycles. The predicted octanol–water partition coefficient (Wildman–Crippen LogP) is 3.50. The molecule has 0 amide bonds. The first-order valence-electron chi connectivity index (χ1n) is 5.52. The maximum Gasteiger partial charge on any atom is 0.405 e. The van der Waals surface area contributed by atoms with Crippen LogP contribution in [0.25, 0.3) is 0 Å². The summed E-state index contributed by atoms with van der Waals surface area (Å²) in [5, 5.41) is 9.20. The summed E-state index contributed by atoms with van der Waals surface area (Å²) in [6.45, 7) is 0.475. The quantitative estimate of drug-likeness (QED) is 0.844. The van der Waals surface area contributed by atoms with Crippen LogP contribution in [0.5, 0.6) is 0 Å². The highest BCUT2D eigenvalue weighted by atomic mass is 32.2. The van der Waals surface area contributed by atoms with Gasteiger partial charge in [0.25, 0.3) is 0 Å². The highest BCUT2D eigenvalue weighted by Crippen LogP contribution is 2.31. The topological polar surface area (TPSA) is 40.5 Å². The molecule has 0 heterocycles. The van der Waals surface area contributed by atoms with Crippen molar-refractivity contribution in [1.29, 1.82) is 0 Å². The van der Waals surface area contributed by atoms with Gasteiger partial charge in [-0.3, -0.25) is 0 Å². The smallest absolute Gasteiger partial charge is 0.405 e. The lowest BCUT2D eigenvalue weighted by Gasteiger charge is -2.26. The van der Waals surface area contributed by atoms with Gasteiger partial charge in [-0.2, -0.15) is 13.2 Å². The molecule has 1 rings (SSSR count). The van der Waals surface area contributed by atoms with E-state index in [4.69, 9.17) is 0 Å². The van der Waals surface area contributed by atoms with E-state index in [0.717, 1.165) is 4.90 Å².